The van der Waals surface area contributed by atoms with E-state index in [9.17, 15) is 4.79 Å². The van der Waals surface area contributed by atoms with Crippen LogP contribution in [0.2, 0.25) is 0 Å². The standard InChI is InChI=1S/C23H40N2O.ClH/c1-2-3-4-5-6-7-8-9-10-11-12-13-14-16-19-24-23(26)22-25-20-17-15-18-21-25;/h15,17-18,20-21H,2-14,16,19,22H2,1H3;1H. The second kappa shape index (κ2) is 19.7. The minimum absolute atomic E-state index is 0. The van der Waals surface area contributed by atoms with Gasteiger partial charge in [-0.05, 0) is 6.42 Å². The summed E-state index contributed by atoms with van der Waals surface area (Å²) in [4.78, 5) is 11.8. The van der Waals surface area contributed by atoms with E-state index in [1.54, 1.807) is 0 Å². The van der Waals surface area contributed by atoms with Crippen LogP contribution in [0, 0.1) is 0 Å². The fraction of sp³-hybridized carbons (Fsp3) is 0.739. The molecule has 0 aliphatic rings. The molecule has 27 heavy (non-hydrogen) atoms. The number of halogens is 1. The topological polar surface area (TPSA) is 33.0 Å². The van der Waals surface area contributed by atoms with Crippen LogP contribution in [-0.2, 0) is 11.3 Å². The van der Waals surface area contributed by atoms with E-state index in [4.69, 9.17) is 0 Å². The van der Waals surface area contributed by atoms with Crippen LogP contribution in [0.25, 0.3) is 0 Å². The molecule has 1 aromatic rings. The van der Waals surface area contributed by atoms with E-state index < -0.39 is 0 Å². The summed E-state index contributed by atoms with van der Waals surface area (Å²) in [5.74, 6) is 0.107. The molecule has 156 valence electrons. The molecule has 0 spiro atoms. The molecular weight excluding hydrogens is 356 g/mol. The van der Waals surface area contributed by atoms with Crippen LogP contribution in [0.15, 0.2) is 30.6 Å². The fourth-order valence-corrected chi connectivity index (χ4v) is 3.31. The molecule has 1 amide bonds. The molecule has 1 aromatic heterocycles. The van der Waals surface area contributed by atoms with E-state index in [0.29, 0.717) is 6.54 Å². The van der Waals surface area contributed by atoms with Gasteiger partial charge in [0, 0.05) is 18.7 Å². The second-order valence-electron chi connectivity index (χ2n) is 7.49. The molecule has 1 rings (SSSR count). The van der Waals surface area contributed by atoms with Gasteiger partial charge in [-0.1, -0.05) is 96.5 Å². The lowest BCUT2D eigenvalue weighted by Crippen LogP contribution is -3.00. The molecule has 0 radical (unpaired) electrons. The van der Waals surface area contributed by atoms with E-state index in [2.05, 4.69) is 12.2 Å². The average molecular weight is 397 g/mol. The fourth-order valence-electron chi connectivity index (χ4n) is 3.31. The van der Waals surface area contributed by atoms with Crippen molar-refractivity contribution in [2.45, 2.75) is 103 Å². The first-order valence-corrected chi connectivity index (χ1v) is 11.0. The van der Waals surface area contributed by atoms with Crippen molar-refractivity contribution in [3.05, 3.63) is 30.6 Å². The predicted octanol–water partition coefficient (Wildman–Crippen LogP) is 2.58. The highest BCUT2D eigenvalue weighted by atomic mass is 35.5. The van der Waals surface area contributed by atoms with Gasteiger partial charge >= 0.3 is 0 Å². The molecule has 1 N–H and O–H groups in total. The molecule has 0 aliphatic heterocycles. The zero-order valence-corrected chi connectivity index (χ0v) is 18.2. The Morgan fingerprint density at radius 2 is 1.15 bits per heavy atom. The molecule has 0 aromatic carbocycles. The maximum atomic E-state index is 11.8. The number of hydrogen-bond donors (Lipinski definition) is 1. The lowest BCUT2D eigenvalue weighted by molar-refractivity contribution is -0.684. The normalized spacial score (nSPS) is 10.4. The summed E-state index contributed by atoms with van der Waals surface area (Å²) in [5, 5.41) is 3.01. The first-order chi connectivity index (χ1) is 12.8. The highest BCUT2D eigenvalue weighted by Crippen LogP contribution is 2.12. The SMILES string of the molecule is CCCCCCCCCCCCCCCCNC(=O)C[n+]1ccccc1.[Cl-]. The Bertz CT molecular complexity index is 439. The smallest absolute Gasteiger partial charge is 0.285 e. The molecule has 0 atom stereocenters. The molecule has 3 nitrogen and oxygen atoms in total. The van der Waals surface area contributed by atoms with Crippen molar-refractivity contribution in [2.24, 2.45) is 0 Å². The molecule has 4 heteroatoms. The van der Waals surface area contributed by atoms with Crippen molar-refractivity contribution in [3.63, 3.8) is 0 Å². The lowest BCUT2D eigenvalue weighted by Gasteiger charge is -2.04. The lowest BCUT2D eigenvalue weighted by atomic mass is 10.0. The number of nitrogens with one attached hydrogen (secondary N) is 1. The number of carbonyl (C=O) groups is 1. The van der Waals surface area contributed by atoms with E-state index in [-0.39, 0.29) is 18.3 Å². The Morgan fingerprint density at radius 3 is 1.63 bits per heavy atom. The van der Waals surface area contributed by atoms with Crippen LogP contribution in [0.4, 0.5) is 0 Å². The summed E-state index contributed by atoms with van der Waals surface area (Å²) in [5.41, 5.74) is 0. The van der Waals surface area contributed by atoms with Gasteiger partial charge in [-0.2, -0.15) is 4.57 Å². The largest absolute Gasteiger partial charge is 1.00 e. The number of carbonyl (C=O) groups excluding carboxylic acids is 1. The third-order valence-corrected chi connectivity index (χ3v) is 4.96. The maximum absolute atomic E-state index is 11.8. The Kier molecular flexibility index (Phi) is 18.9. The molecule has 0 saturated carbocycles. The van der Waals surface area contributed by atoms with Gasteiger partial charge in [-0.15, -0.1) is 0 Å². The molecular formula is C23H41ClN2O. The first kappa shape index (κ1) is 25.9. The Morgan fingerprint density at radius 1 is 0.704 bits per heavy atom. The van der Waals surface area contributed by atoms with Crippen LogP contribution in [0.3, 0.4) is 0 Å². The Labute approximate surface area is 173 Å². The number of unbranched alkanes of at least 4 members (excludes halogenated alkanes) is 13. The Balaban J connectivity index is 0.00000676. The van der Waals surface area contributed by atoms with Gasteiger partial charge < -0.3 is 17.7 Å². The number of hydrogen-bond acceptors (Lipinski definition) is 1. The van der Waals surface area contributed by atoms with Crippen molar-refractivity contribution in [1.82, 2.24) is 5.32 Å². The summed E-state index contributed by atoms with van der Waals surface area (Å²) >= 11 is 0. The summed E-state index contributed by atoms with van der Waals surface area (Å²) in [6.45, 7) is 3.50. The minimum atomic E-state index is 0. The summed E-state index contributed by atoms with van der Waals surface area (Å²) in [6, 6.07) is 5.85. The zero-order valence-electron chi connectivity index (χ0n) is 17.4. The first-order valence-electron chi connectivity index (χ1n) is 11.0. The summed E-state index contributed by atoms with van der Waals surface area (Å²) in [6.07, 6.45) is 23.0. The van der Waals surface area contributed by atoms with Crippen molar-refractivity contribution >= 4 is 5.91 Å². The van der Waals surface area contributed by atoms with Crippen molar-refractivity contribution in [3.8, 4) is 0 Å². The Hall–Kier alpha value is -1.09. The van der Waals surface area contributed by atoms with E-state index in [0.717, 1.165) is 13.0 Å². The minimum Gasteiger partial charge on any atom is -1.00 e. The molecule has 0 fully saturated rings. The number of nitrogens with zero attached hydrogens (tertiary/aromatic N) is 1. The van der Waals surface area contributed by atoms with Crippen molar-refractivity contribution < 1.29 is 21.8 Å². The van der Waals surface area contributed by atoms with Crippen LogP contribution in [-0.4, -0.2) is 12.5 Å². The highest BCUT2D eigenvalue weighted by Gasteiger charge is 2.06. The van der Waals surface area contributed by atoms with E-state index in [1.807, 2.05) is 35.2 Å². The zero-order chi connectivity index (χ0) is 18.7. The van der Waals surface area contributed by atoms with Crippen LogP contribution in [0.5, 0.6) is 0 Å². The number of aromatic nitrogens is 1. The van der Waals surface area contributed by atoms with Gasteiger partial charge in [0.05, 0.1) is 0 Å². The number of pyridine rings is 1. The second-order valence-corrected chi connectivity index (χ2v) is 7.49. The van der Waals surface area contributed by atoms with E-state index in [1.165, 1.54) is 83.5 Å². The van der Waals surface area contributed by atoms with Crippen molar-refractivity contribution in [1.29, 1.82) is 0 Å². The molecule has 0 saturated heterocycles. The molecule has 0 bridgehead atoms. The molecule has 1 heterocycles. The van der Waals surface area contributed by atoms with Crippen LogP contribution in [0.1, 0.15) is 96.8 Å². The van der Waals surface area contributed by atoms with Crippen molar-refractivity contribution in [2.75, 3.05) is 6.54 Å². The van der Waals surface area contributed by atoms with Gasteiger partial charge in [0.15, 0.2) is 12.4 Å². The summed E-state index contributed by atoms with van der Waals surface area (Å²) < 4.78 is 1.90. The predicted molar refractivity (Wildman–Crippen MR) is 110 cm³/mol. The molecule has 0 aliphatic carbocycles. The number of rotatable bonds is 17. The maximum Gasteiger partial charge on any atom is 0.285 e. The third-order valence-electron chi connectivity index (χ3n) is 4.96. The van der Waals surface area contributed by atoms with Crippen LogP contribution >= 0.6 is 0 Å². The van der Waals surface area contributed by atoms with Gasteiger partial charge in [0.1, 0.15) is 0 Å². The quantitative estimate of drug-likeness (QED) is 0.318. The van der Waals surface area contributed by atoms with E-state index >= 15 is 0 Å². The molecule has 0 unspecified atom stereocenters. The average Bonchev–Trinajstić information content (AvgIpc) is 2.65. The third kappa shape index (κ3) is 16.8. The monoisotopic (exact) mass is 396 g/mol. The number of amides is 1. The van der Waals surface area contributed by atoms with Gasteiger partial charge in [-0.3, -0.25) is 4.79 Å². The van der Waals surface area contributed by atoms with Crippen LogP contribution < -0.4 is 22.3 Å². The van der Waals surface area contributed by atoms with Gasteiger partial charge in [0.25, 0.3) is 5.91 Å². The summed E-state index contributed by atoms with van der Waals surface area (Å²) in [7, 11) is 0. The van der Waals surface area contributed by atoms with Gasteiger partial charge in [-0.25, -0.2) is 0 Å². The van der Waals surface area contributed by atoms with Gasteiger partial charge in [0.2, 0.25) is 6.54 Å². The highest BCUT2D eigenvalue weighted by molar-refractivity contribution is 5.74.